The zero-order valence-electron chi connectivity index (χ0n) is 14.7. The molecule has 1 saturated heterocycles. The molecule has 1 heterocycles. The highest BCUT2D eigenvalue weighted by Gasteiger charge is 2.22. The number of nitrogens with zero attached hydrogens (tertiary/aromatic N) is 1. The van der Waals surface area contributed by atoms with Crippen LogP contribution in [0.3, 0.4) is 0 Å². The zero-order valence-corrected chi connectivity index (χ0v) is 15.5. The Morgan fingerprint density at radius 2 is 1.91 bits per heavy atom. The van der Waals surface area contributed by atoms with Crippen molar-refractivity contribution in [2.45, 2.75) is 64.8 Å². The third-order valence-corrected chi connectivity index (χ3v) is 6.24. The number of nitrogens with one attached hydrogen (secondary N) is 1. The van der Waals surface area contributed by atoms with Crippen LogP contribution in [-0.4, -0.2) is 47.4 Å². The predicted octanol–water partition coefficient (Wildman–Crippen LogP) is 3.06. The van der Waals surface area contributed by atoms with E-state index in [0.29, 0.717) is 5.75 Å². The first-order chi connectivity index (χ1) is 11.0. The van der Waals surface area contributed by atoms with Crippen LogP contribution in [0.25, 0.3) is 0 Å². The Labute approximate surface area is 145 Å². The molecule has 2 rings (SSSR count). The fourth-order valence-corrected chi connectivity index (χ4v) is 4.76. The van der Waals surface area contributed by atoms with Gasteiger partial charge in [0.05, 0.1) is 5.75 Å². The van der Waals surface area contributed by atoms with E-state index in [1.165, 1.54) is 32.1 Å². The molecular formula is C18H32N2O2S. The fraction of sp³-hybridized carbons (Fsp3) is 0.889. The van der Waals surface area contributed by atoms with E-state index in [1.807, 2.05) is 4.90 Å². The molecule has 1 N–H and O–H groups in total. The average Bonchev–Trinajstić information content (AvgIpc) is 2.52. The molecule has 2 aliphatic rings. The average molecular weight is 341 g/mol. The van der Waals surface area contributed by atoms with Crippen molar-refractivity contribution in [2.75, 3.05) is 24.6 Å². The summed E-state index contributed by atoms with van der Waals surface area (Å²) in [6.07, 6.45) is 8.57. The molecule has 2 fully saturated rings. The van der Waals surface area contributed by atoms with Gasteiger partial charge in [-0.05, 0) is 43.3 Å². The SMILES string of the molecule is CC(=O)N1CCC(NC(=O)CSCCC2CCCC(C)C2)CC1. The number of piperidine rings is 1. The van der Waals surface area contributed by atoms with E-state index >= 15 is 0 Å². The Hall–Kier alpha value is -0.710. The molecule has 0 aromatic carbocycles. The van der Waals surface area contributed by atoms with E-state index in [0.717, 1.165) is 43.5 Å². The van der Waals surface area contributed by atoms with Crippen molar-refractivity contribution in [3.05, 3.63) is 0 Å². The standard InChI is InChI=1S/C18H32N2O2S/c1-14-4-3-5-16(12-14)8-11-23-13-18(22)19-17-6-9-20(10-7-17)15(2)21/h14,16-17H,3-13H2,1-2H3,(H,19,22). The first kappa shape index (κ1) is 18.6. The minimum absolute atomic E-state index is 0.141. The van der Waals surface area contributed by atoms with E-state index in [-0.39, 0.29) is 17.9 Å². The van der Waals surface area contributed by atoms with Crippen LogP contribution in [0.4, 0.5) is 0 Å². The molecule has 0 aromatic rings. The van der Waals surface area contributed by atoms with E-state index in [4.69, 9.17) is 0 Å². The number of thioether (sulfide) groups is 1. The molecule has 23 heavy (non-hydrogen) atoms. The highest BCUT2D eigenvalue weighted by atomic mass is 32.2. The summed E-state index contributed by atoms with van der Waals surface area (Å²) in [6.45, 7) is 5.52. The monoisotopic (exact) mass is 340 g/mol. The number of hydrogen-bond donors (Lipinski definition) is 1. The summed E-state index contributed by atoms with van der Waals surface area (Å²) in [5.41, 5.74) is 0. The molecule has 1 aliphatic carbocycles. The smallest absolute Gasteiger partial charge is 0.230 e. The van der Waals surface area contributed by atoms with Gasteiger partial charge in [-0.25, -0.2) is 0 Å². The van der Waals surface area contributed by atoms with Crippen LogP contribution in [0.2, 0.25) is 0 Å². The quantitative estimate of drug-likeness (QED) is 0.756. The lowest BCUT2D eigenvalue weighted by atomic mass is 9.81. The number of amides is 2. The highest BCUT2D eigenvalue weighted by Crippen LogP contribution is 2.31. The van der Waals surface area contributed by atoms with Crippen molar-refractivity contribution < 1.29 is 9.59 Å². The largest absolute Gasteiger partial charge is 0.353 e. The minimum Gasteiger partial charge on any atom is -0.353 e. The summed E-state index contributed by atoms with van der Waals surface area (Å²) in [6, 6.07) is 0.248. The summed E-state index contributed by atoms with van der Waals surface area (Å²) in [5.74, 6) is 3.76. The number of carbonyl (C=O) groups is 2. The van der Waals surface area contributed by atoms with Crippen LogP contribution in [0.5, 0.6) is 0 Å². The molecule has 2 amide bonds. The molecule has 0 aromatic heterocycles. The van der Waals surface area contributed by atoms with Gasteiger partial charge >= 0.3 is 0 Å². The first-order valence-corrected chi connectivity index (χ1v) is 10.3. The van der Waals surface area contributed by atoms with E-state index < -0.39 is 0 Å². The maximum absolute atomic E-state index is 12.0. The van der Waals surface area contributed by atoms with Gasteiger partial charge in [0.25, 0.3) is 0 Å². The Bertz CT molecular complexity index is 394. The topological polar surface area (TPSA) is 49.4 Å². The molecule has 0 spiro atoms. The van der Waals surface area contributed by atoms with Gasteiger partial charge in [0.1, 0.15) is 0 Å². The lowest BCUT2D eigenvalue weighted by molar-refractivity contribution is -0.130. The lowest BCUT2D eigenvalue weighted by Crippen LogP contribution is -2.46. The van der Waals surface area contributed by atoms with Gasteiger partial charge < -0.3 is 10.2 Å². The predicted molar refractivity (Wildman–Crippen MR) is 96.5 cm³/mol. The Morgan fingerprint density at radius 1 is 1.17 bits per heavy atom. The van der Waals surface area contributed by atoms with Gasteiger partial charge in [-0.1, -0.05) is 26.2 Å². The lowest BCUT2D eigenvalue weighted by Gasteiger charge is -2.31. The summed E-state index contributed by atoms with van der Waals surface area (Å²) in [5, 5.41) is 3.13. The van der Waals surface area contributed by atoms with Crippen LogP contribution >= 0.6 is 11.8 Å². The maximum atomic E-state index is 12.0. The highest BCUT2D eigenvalue weighted by molar-refractivity contribution is 7.99. The van der Waals surface area contributed by atoms with E-state index in [1.54, 1.807) is 18.7 Å². The van der Waals surface area contributed by atoms with E-state index in [2.05, 4.69) is 12.2 Å². The third-order valence-electron chi connectivity index (χ3n) is 5.25. The van der Waals surface area contributed by atoms with Gasteiger partial charge in [-0.3, -0.25) is 9.59 Å². The van der Waals surface area contributed by atoms with Gasteiger partial charge in [-0.2, -0.15) is 11.8 Å². The van der Waals surface area contributed by atoms with Crippen LogP contribution in [0.15, 0.2) is 0 Å². The number of likely N-dealkylation sites (tertiary alicyclic amines) is 1. The first-order valence-electron chi connectivity index (χ1n) is 9.17. The van der Waals surface area contributed by atoms with Crippen LogP contribution < -0.4 is 5.32 Å². The molecule has 0 radical (unpaired) electrons. The number of rotatable bonds is 6. The molecule has 2 unspecified atom stereocenters. The van der Waals surface area contributed by atoms with Crippen molar-refractivity contribution >= 4 is 23.6 Å². The van der Waals surface area contributed by atoms with Gasteiger partial charge in [0, 0.05) is 26.1 Å². The van der Waals surface area contributed by atoms with Crippen molar-refractivity contribution in [1.29, 1.82) is 0 Å². The van der Waals surface area contributed by atoms with Crippen LogP contribution in [0.1, 0.15) is 58.8 Å². The van der Waals surface area contributed by atoms with Crippen LogP contribution in [-0.2, 0) is 9.59 Å². The molecule has 4 nitrogen and oxygen atoms in total. The molecule has 1 aliphatic heterocycles. The second kappa shape index (κ2) is 9.55. The molecule has 2 atom stereocenters. The van der Waals surface area contributed by atoms with Gasteiger partial charge in [-0.15, -0.1) is 0 Å². The molecule has 5 heteroatoms. The van der Waals surface area contributed by atoms with Gasteiger partial charge in [0.2, 0.25) is 11.8 Å². The Morgan fingerprint density at radius 3 is 2.57 bits per heavy atom. The molecule has 132 valence electrons. The van der Waals surface area contributed by atoms with Crippen molar-refractivity contribution in [1.82, 2.24) is 10.2 Å². The van der Waals surface area contributed by atoms with E-state index in [9.17, 15) is 9.59 Å². The van der Waals surface area contributed by atoms with Gasteiger partial charge in [0.15, 0.2) is 0 Å². The minimum atomic E-state index is 0.141. The Balaban J connectivity index is 1.53. The summed E-state index contributed by atoms with van der Waals surface area (Å²) < 4.78 is 0. The number of carbonyl (C=O) groups excluding carboxylic acids is 2. The maximum Gasteiger partial charge on any atom is 0.230 e. The molecular weight excluding hydrogens is 308 g/mol. The normalized spacial score (nSPS) is 26.1. The summed E-state index contributed by atoms with van der Waals surface area (Å²) in [7, 11) is 0. The van der Waals surface area contributed by atoms with Crippen molar-refractivity contribution in [3.63, 3.8) is 0 Å². The third kappa shape index (κ3) is 6.74. The number of hydrogen-bond acceptors (Lipinski definition) is 3. The Kier molecular flexibility index (Phi) is 7.74. The van der Waals surface area contributed by atoms with Crippen molar-refractivity contribution in [3.8, 4) is 0 Å². The van der Waals surface area contributed by atoms with Crippen LogP contribution in [0, 0.1) is 11.8 Å². The fourth-order valence-electron chi connectivity index (χ4n) is 3.84. The second-order valence-electron chi connectivity index (χ2n) is 7.33. The zero-order chi connectivity index (χ0) is 16.7. The molecule has 0 bridgehead atoms. The van der Waals surface area contributed by atoms with Crippen molar-refractivity contribution in [2.24, 2.45) is 11.8 Å². The second-order valence-corrected chi connectivity index (χ2v) is 8.43. The summed E-state index contributed by atoms with van der Waals surface area (Å²) >= 11 is 1.77. The molecule has 1 saturated carbocycles. The summed E-state index contributed by atoms with van der Waals surface area (Å²) in [4.78, 5) is 25.2.